The summed E-state index contributed by atoms with van der Waals surface area (Å²) in [5, 5.41) is 16.1. The van der Waals surface area contributed by atoms with Gasteiger partial charge in [-0.05, 0) is 55.3 Å². The Bertz CT molecular complexity index is 1960. The van der Waals surface area contributed by atoms with E-state index in [0.717, 1.165) is 24.8 Å². The number of rotatable bonds is 8. The molecule has 1 amide bonds. The molecule has 3 aliphatic rings. The number of pyridine rings is 1. The van der Waals surface area contributed by atoms with Gasteiger partial charge in [-0.1, -0.05) is 54.6 Å². The number of fused-ring (bicyclic) bond motifs is 3. The lowest BCUT2D eigenvalue weighted by Gasteiger charge is -2.31. The second kappa shape index (κ2) is 12.4. The fraction of sp³-hybridized carbons (Fsp3) is 0.361. The number of likely N-dealkylation sites (tertiary alicyclic amines) is 1. The van der Waals surface area contributed by atoms with Gasteiger partial charge in [0.1, 0.15) is 29.9 Å². The highest BCUT2D eigenvalue weighted by molar-refractivity contribution is 6.36. The van der Waals surface area contributed by atoms with E-state index in [1.807, 2.05) is 24.3 Å². The zero-order valence-corrected chi connectivity index (χ0v) is 26.4. The van der Waals surface area contributed by atoms with Gasteiger partial charge in [-0.3, -0.25) is 9.69 Å². The summed E-state index contributed by atoms with van der Waals surface area (Å²) in [6.45, 7) is 4.91. The average Bonchev–Trinajstić information content (AvgIpc) is 3.76. The summed E-state index contributed by atoms with van der Waals surface area (Å²) < 4.78 is 51.4. The van der Waals surface area contributed by atoms with Crippen molar-refractivity contribution >= 4 is 44.9 Å². The second-order valence-electron chi connectivity index (χ2n) is 12.7. The molecule has 7 nitrogen and oxygen atoms in total. The van der Waals surface area contributed by atoms with Crippen molar-refractivity contribution in [2.75, 3.05) is 38.1 Å². The Morgan fingerprint density at radius 2 is 1.98 bits per heavy atom. The number of benzene rings is 3. The third kappa shape index (κ3) is 5.45. The predicted octanol–water partition coefficient (Wildman–Crippen LogP) is 7.56. The van der Waals surface area contributed by atoms with Crippen LogP contribution >= 0.6 is 11.6 Å². The van der Waals surface area contributed by atoms with E-state index in [0.29, 0.717) is 59.4 Å². The predicted molar refractivity (Wildman–Crippen MR) is 176 cm³/mol. The van der Waals surface area contributed by atoms with Crippen LogP contribution in [-0.2, 0) is 4.79 Å². The first-order chi connectivity index (χ1) is 22.7. The fourth-order valence-electron chi connectivity index (χ4n) is 7.74. The van der Waals surface area contributed by atoms with E-state index >= 15 is 4.39 Å². The number of nitrogens with one attached hydrogen (secondary N) is 1. The summed E-state index contributed by atoms with van der Waals surface area (Å²) in [5.41, 5.74) is 0.687. The molecule has 3 fully saturated rings. The molecule has 3 saturated heterocycles. The maximum absolute atomic E-state index is 16.8. The molecule has 0 unspecified atom stereocenters. The molecular formula is C36H33ClF3N5O2. The SMILES string of the molecule is C=C(F)C(=O)N1CCC[C@H]1CNc1c(C#N)c(OC[C@@]23CCCN2C[C@H](F)C3)nc2c(F)c(-c3cccc4cccc(Cl)c34)ccc12. The Kier molecular flexibility index (Phi) is 8.23. The van der Waals surface area contributed by atoms with Gasteiger partial charge in [0.2, 0.25) is 5.88 Å². The van der Waals surface area contributed by atoms with Crippen molar-refractivity contribution in [2.45, 2.75) is 49.9 Å². The van der Waals surface area contributed by atoms with Gasteiger partial charge < -0.3 is 15.0 Å². The number of amides is 1. The first-order valence-corrected chi connectivity index (χ1v) is 16.2. The third-order valence-corrected chi connectivity index (χ3v) is 10.3. The van der Waals surface area contributed by atoms with Crippen molar-refractivity contribution in [3.05, 3.63) is 77.3 Å². The highest BCUT2D eigenvalue weighted by atomic mass is 35.5. The van der Waals surface area contributed by atoms with Gasteiger partial charge in [0.05, 0.1) is 11.2 Å². The van der Waals surface area contributed by atoms with Crippen molar-refractivity contribution in [1.29, 1.82) is 5.26 Å². The van der Waals surface area contributed by atoms with Crippen LogP contribution < -0.4 is 10.1 Å². The van der Waals surface area contributed by atoms with E-state index < -0.39 is 29.3 Å². The largest absolute Gasteiger partial charge is 0.475 e. The maximum atomic E-state index is 16.8. The summed E-state index contributed by atoms with van der Waals surface area (Å²) in [4.78, 5) is 20.6. The minimum Gasteiger partial charge on any atom is -0.475 e. The molecule has 242 valence electrons. The lowest BCUT2D eigenvalue weighted by molar-refractivity contribution is -0.129. The molecule has 0 spiro atoms. The van der Waals surface area contributed by atoms with Crippen molar-refractivity contribution in [1.82, 2.24) is 14.8 Å². The molecule has 1 N–H and O–H groups in total. The van der Waals surface area contributed by atoms with E-state index in [1.165, 1.54) is 4.90 Å². The Labute approximate surface area is 275 Å². The third-order valence-electron chi connectivity index (χ3n) is 9.94. The number of halogens is 4. The maximum Gasteiger partial charge on any atom is 0.282 e. The van der Waals surface area contributed by atoms with Gasteiger partial charge in [0.25, 0.3) is 5.91 Å². The number of hydrogen-bond acceptors (Lipinski definition) is 6. The number of hydrogen-bond donors (Lipinski definition) is 1. The highest BCUT2D eigenvalue weighted by Crippen LogP contribution is 2.43. The van der Waals surface area contributed by atoms with Crippen molar-refractivity contribution in [3.8, 4) is 23.1 Å². The number of alkyl halides is 1. The molecule has 0 radical (unpaired) electrons. The van der Waals surface area contributed by atoms with E-state index in [1.54, 1.807) is 24.3 Å². The zero-order valence-electron chi connectivity index (χ0n) is 25.7. The molecule has 1 aromatic heterocycles. The second-order valence-corrected chi connectivity index (χ2v) is 13.1. The van der Waals surface area contributed by atoms with Crippen LogP contribution in [0.25, 0.3) is 32.8 Å². The summed E-state index contributed by atoms with van der Waals surface area (Å²) >= 11 is 6.60. The Hall–Kier alpha value is -4.33. The number of anilines is 1. The topological polar surface area (TPSA) is 81.5 Å². The normalized spacial score (nSPS) is 22.5. The van der Waals surface area contributed by atoms with Crippen LogP contribution in [0, 0.1) is 17.1 Å². The minimum absolute atomic E-state index is 0.0184. The standard InChI is InChI=1S/C36H33ClF3N5O2/c1-21(38)35(46)45-15-4-8-24(45)18-42-32-27-12-11-26(25-9-2-6-22-7-3-10-29(37)30(22)25)31(40)33(27)43-34(28(32)17-41)47-20-36-13-5-14-44(36)19-23(39)16-36/h2-3,6-7,9-12,23-24H,1,4-5,8,13-16,18-20H2,(H,42,43)/t23-,24+,36+/m1/s1. The molecule has 3 atom stereocenters. The Morgan fingerprint density at radius 3 is 2.77 bits per heavy atom. The van der Waals surface area contributed by atoms with Gasteiger partial charge in [-0.2, -0.15) is 5.26 Å². The molecule has 0 bridgehead atoms. The summed E-state index contributed by atoms with van der Waals surface area (Å²) in [5.74, 6) is -2.49. The highest BCUT2D eigenvalue weighted by Gasteiger charge is 2.49. The summed E-state index contributed by atoms with van der Waals surface area (Å²) in [6.07, 6.45) is 2.30. The molecule has 3 aromatic carbocycles. The molecule has 47 heavy (non-hydrogen) atoms. The number of nitriles is 1. The zero-order chi connectivity index (χ0) is 32.9. The lowest BCUT2D eigenvalue weighted by atomic mass is 9.94. The molecule has 4 heterocycles. The number of aromatic nitrogens is 1. The summed E-state index contributed by atoms with van der Waals surface area (Å²) in [7, 11) is 0. The van der Waals surface area contributed by atoms with Crippen LogP contribution in [0.15, 0.2) is 60.9 Å². The quantitative estimate of drug-likeness (QED) is 0.197. The monoisotopic (exact) mass is 659 g/mol. The van der Waals surface area contributed by atoms with Crippen LogP contribution in [0.2, 0.25) is 5.02 Å². The van der Waals surface area contributed by atoms with E-state index in [-0.39, 0.29) is 41.7 Å². The van der Waals surface area contributed by atoms with Crippen molar-refractivity contribution in [2.24, 2.45) is 0 Å². The van der Waals surface area contributed by atoms with Crippen molar-refractivity contribution < 1.29 is 22.7 Å². The molecule has 3 aliphatic heterocycles. The summed E-state index contributed by atoms with van der Waals surface area (Å²) in [6, 6.07) is 16.2. The van der Waals surface area contributed by atoms with Gasteiger partial charge in [0.15, 0.2) is 11.6 Å². The molecule has 4 aromatic rings. The van der Waals surface area contributed by atoms with E-state index in [9.17, 15) is 18.8 Å². The molecule has 11 heteroatoms. The fourth-order valence-corrected chi connectivity index (χ4v) is 8.02. The Morgan fingerprint density at radius 1 is 1.17 bits per heavy atom. The lowest BCUT2D eigenvalue weighted by Crippen LogP contribution is -2.43. The average molecular weight is 660 g/mol. The number of ether oxygens (including phenoxy) is 1. The first kappa shape index (κ1) is 31.3. The molecule has 0 aliphatic carbocycles. The van der Waals surface area contributed by atoms with E-state index in [2.05, 4.69) is 27.8 Å². The number of carbonyl (C=O) groups excluding carboxylic acids is 1. The van der Waals surface area contributed by atoms with Crippen molar-refractivity contribution in [3.63, 3.8) is 0 Å². The van der Waals surface area contributed by atoms with Crippen LogP contribution in [0.3, 0.4) is 0 Å². The van der Waals surface area contributed by atoms with Crippen LogP contribution in [0.5, 0.6) is 5.88 Å². The van der Waals surface area contributed by atoms with Gasteiger partial charge in [-0.25, -0.2) is 18.2 Å². The number of nitrogens with zero attached hydrogens (tertiary/aromatic N) is 4. The molecule has 7 rings (SSSR count). The van der Waals surface area contributed by atoms with Gasteiger partial charge in [-0.15, -0.1) is 0 Å². The van der Waals surface area contributed by atoms with Crippen LogP contribution in [0.4, 0.5) is 18.9 Å². The molecule has 0 saturated carbocycles. The van der Waals surface area contributed by atoms with Gasteiger partial charge in [0, 0.05) is 53.5 Å². The smallest absolute Gasteiger partial charge is 0.282 e. The number of carbonyl (C=O) groups is 1. The Balaban J connectivity index is 1.33. The van der Waals surface area contributed by atoms with Crippen LogP contribution in [-0.4, -0.2) is 71.2 Å². The minimum atomic E-state index is -1.04. The first-order valence-electron chi connectivity index (χ1n) is 15.9. The van der Waals surface area contributed by atoms with Gasteiger partial charge >= 0.3 is 0 Å². The van der Waals surface area contributed by atoms with E-state index in [4.69, 9.17) is 16.3 Å². The van der Waals surface area contributed by atoms with Crippen LogP contribution in [0.1, 0.15) is 37.7 Å². The molecular weight excluding hydrogens is 627 g/mol.